The highest BCUT2D eigenvalue weighted by Gasteiger charge is 2.38. The second kappa shape index (κ2) is 11.5. The quantitative estimate of drug-likeness (QED) is 0.182. The highest BCUT2D eigenvalue weighted by Crippen LogP contribution is 2.53. The summed E-state index contributed by atoms with van der Waals surface area (Å²) in [7, 11) is 0. The minimum atomic E-state index is -0.141. The van der Waals surface area contributed by atoms with Gasteiger partial charge < -0.3 is 4.57 Å². The van der Waals surface area contributed by atoms with Gasteiger partial charge in [-0.3, -0.25) is 0 Å². The van der Waals surface area contributed by atoms with Gasteiger partial charge in [0.25, 0.3) is 0 Å². The van der Waals surface area contributed by atoms with Crippen molar-refractivity contribution in [2.75, 3.05) is 0 Å². The Labute approximate surface area is 321 Å². The van der Waals surface area contributed by atoms with Gasteiger partial charge in [-0.2, -0.15) is 0 Å². The number of fused-ring (bicyclic) bond motifs is 10. The van der Waals surface area contributed by atoms with Crippen molar-refractivity contribution in [3.05, 3.63) is 186 Å². The van der Waals surface area contributed by atoms with E-state index < -0.39 is 0 Å². The van der Waals surface area contributed by atoms with E-state index in [0.717, 1.165) is 39.6 Å². The standard InChI is InChI=1S/C52H39N3/c1-51(2)42-19-11-8-16-36(42)38-27-24-34(30-44(38)51)46-31-45(53-50(54-46)33-14-6-5-7-15-33)32-22-25-35(26-23-32)55-47-21-13-10-18-39(47)41-29-28-40-37-17-9-12-20-43(37)52(3,4)48(40)49(41)55/h5-31H,1-4H3. The van der Waals surface area contributed by atoms with Crippen LogP contribution < -0.4 is 0 Å². The van der Waals surface area contributed by atoms with Crippen molar-refractivity contribution >= 4 is 21.8 Å². The van der Waals surface area contributed by atoms with Crippen LogP contribution in [0.4, 0.5) is 0 Å². The summed E-state index contributed by atoms with van der Waals surface area (Å²) in [6.07, 6.45) is 0. The Morgan fingerprint density at radius 1 is 0.418 bits per heavy atom. The fraction of sp³-hybridized carbons (Fsp3) is 0.115. The second-order valence-electron chi connectivity index (χ2n) is 16.2. The Morgan fingerprint density at radius 3 is 1.76 bits per heavy atom. The fourth-order valence-corrected chi connectivity index (χ4v) is 9.68. The van der Waals surface area contributed by atoms with E-state index in [1.54, 1.807) is 0 Å². The molecular weight excluding hydrogens is 667 g/mol. The Bertz CT molecular complexity index is 3020. The van der Waals surface area contributed by atoms with Crippen molar-refractivity contribution in [2.45, 2.75) is 38.5 Å². The van der Waals surface area contributed by atoms with Crippen molar-refractivity contribution in [1.82, 2.24) is 14.5 Å². The minimum Gasteiger partial charge on any atom is -0.309 e. The lowest BCUT2D eigenvalue weighted by atomic mass is 9.81. The lowest BCUT2D eigenvalue weighted by Gasteiger charge is -2.23. The molecule has 0 radical (unpaired) electrons. The smallest absolute Gasteiger partial charge is 0.160 e. The molecule has 0 atom stereocenters. The first-order valence-corrected chi connectivity index (χ1v) is 19.3. The van der Waals surface area contributed by atoms with E-state index in [1.807, 2.05) is 6.07 Å². The van der Waals surface area contributed by atoms with Gasteiger partial charge >= 0.3 is 0 Å². The van der Waals surface area contributed by atoms with Crippen LogP contribution in [0.2, 0.25) is 0 Å². The van der Waals surface area contributed by atoms with E-state index in [2.05, 4.69) is 190 Å². The van der Waals surface area contributed by atoms with E-state index in [9.17, 15) is 0 Å². The Morgan fingerprint density at radius 2 is 1.00 bits per heavy atom. The summed E-state index contributed by atoms with van der Waals surface area (Å²) in [6, 6.07) is 59.5. The predicted molar refractivity (Wildman–Crippen MR) is 228 cm³/mol. The van der Waals surface area contributed by atoms with Crippen LogP contribution in [0.25, 0.3) is 83.6 Å². The van der Waals surface area contributed by atoms with Crippen molar-refractivity contribution in [1.29, 1.82) is 0 Å². The van der Waals surface area contributed by atoms with Crippen LogP contribution in [0, 0.1) is 0 Å². The summed E-state index contributed by atoms with van der Waals surface area (Å²) < 4.78 is 2.48. The number of rotatable bonds is 4. The molecule has 2 aliphatic carbocycles. The summed E-state index contributed by atoms with van der Waals surface area (Å²) in [6.45, 7) is 9.41. The van der Waals surface area contributed by atoms with Crippen molar-refractivity contribution < 1.29 is 0 Å². The molecule has 9 aromatic rings. The van der Waals surface area contributed by atoms with Gasteiger partial charge in [0.2, 0.25) is 0 Å². The largest absolute Gasteiger partial charge is 0.309 e. The molecule has 0 unspecified atom stereocenters. The first kappa shape index (κ1) is 31.9. The van der Waals surface area contributed by atoms with Crippen molar-refractivity contribution in [2.24, 2.45) is 0 Å². The molecule has 7 aromatic carbocycles. The number of para-hydroxylation sites is 1. The number of aromatic nitrogens is 3. The van der Waals surface area contributed by atoms with Gasteiger partial charge in [0.05, 0.1) is 22.4 Å². The molecule has 3 nitrogen and oxygen atoms in total. The molecule has 0 aliphatic heterocycles. The topological polar surface area (TPSA) is 30.7 Å². The van der Waals surface area contributed by atoms with E-state index in [-0.39, 0.29) is 10.8 Å². The normalized spacial score (nSPS) is 14.5. The van der Waals surface area contributed by atoms with E-state index in [1.165, 1.54) is 66.3 Å². The van der Waals surface area contributed by atoms with Crippen molar-refractivity contribution in [3.8, 4) is 61.8 Å². The van der Waals surface area contributed by atoms with Gasteiger partial charge in [-0.25, -0.2) is 9.97 Å². The van der Waals surface area contributed by atoms with Crippen LogP contribution in [-0.4, -0.2) is 14.5 Å². The summed E-state index contributed by atoms with van der Waals surface area (Å²) in [5.74, 6) is 0.722. The molecule has 3 heteroatoms. The molecule has 2 aromatic heterocycles. The maximum atomic E-state index is 5.20. The Kier molecular flexibility index (Phi) is 6.65. The van der Waals surface area contributed by atoms with Gasteiger partial charge in [0, 0.05) is 44.0 Å². The van der Waals surface area contributed by atoms with Gasteiger partial charge in [0.1, 0.15) is 0 Å². The summed E-state index contributed by atoms with van der Waals surface area (Å²) >= 11 is 0. The average Bonchev–Trinajstić information content (AvgIpc) is 3.78. The van der Waals surface area contributed by atoms with Crippen LogP contribution in [-0.2, 0) is 10.8 Å². The number of hydrogen-bond donors (Lipinski definition) is 0. The number of benzene rings is 7. The van der Waals surface area contributed by atoms with E-state index >= 15 is 0 Å². The molecule has 2 heterocycles. The first-order valence-electron chi connectivity index (χ1n) is 19.3. The van der Waals surface area contributed by atoms with Crippen molar-refractivity contribution in [3.63, 3.8) is 0 Å². The molecule has 0 amide bonds. The van der Waals surface area contributed by atoms with Gasteiger partial charge in [-0.1, -0.05) is 161 Å². The molecular formula is C52H39N3. The maximum Gasteiger partial charge on any atom is 0.160 e. The minimum absolute atomic E-state index is 0.0964. The molecule has 11 rings (SSSR count). The summed E-state index contributed by atoms with van der Waals surface area (Å²) in [5, 5.41) is 2.55. The lowest BCUT2D eigenvalue weighted by molar-refractivity contribution is 0.660. The summed E-state index contributed by atoms with van der Waals surface area (Å²) in [4.78, 5) is 10.4. The van der Waals surface area contributed by atoms with Crippen LogP contribution in [0.3, 0.4) is 0 Å². The number of hydrogen-bond acceptors (Lipinski definition) is 2. The van der Waals surface area contributed by atoms with Crippen LogP contribution >= 0.6 is 0 Å². The molecule has 0 spiro atoms. The van der Waals surface area contributed by atoms with E-state index in [0.29, 0.717) is 0 Å². The lowest BCUT2D eigenvalue weighted by Crippen LogP contribution is -2.16. The molecule has 0 bridgehead atoms. The monoisotopic (exact) mass is 705 g/mol. The molecule has 55 heavy (non-hydrogen) atoms. The predicted octanol–water partition coefficient (Wildman–Crippen LogP) is 13.2. The Hall–Kier alpha value is -6.58. The average molecular weight is 706 g/mol. The van der Waals surface area contributed by atoms with Gasteiger partial charge in [-0.15, -0.1) is 0 Å². The zero-order valence-electron chi connectivity index (χ0n) is 31.4. The van der Waals surface area contributed by atoms with Crippen LogP contribution in [0.5, 0.6) is 0 Å². The Balaban J connectivity index is 1.07. The number of nitrogens with zero attached hydrogens (tertiary/aromatic N) is 3. The highest BCUT2D eigenvalue weighted by molar-refractivity contribution is 6.13. The highest BCUT2D eigenvalue weighted by atomic mass is 15.0. The molecule has 0 fully saturated rings. The van der Waals surface area contributed by atoms with Gasteiger partial charge in [-0.05, 0) is 74.8 Å². The molecule has 2 aliphatic rings. The fourth-order valence-electron chi connectivity index (χ4n) is 9.68. The van der Waals surface area contributed by atoms with Crippen LogP contribution in [0.15, 0.2) is 164 Å². The molecule has 0 saturated heterocycles. The second-order valence-corrected chi connectivity index (χ2v) is 16.2. The third-order valence-electron chi connectivity index (χ3n) is 12.4. The van der Waals surface area contributed by atoms with Crippen LogP contribution in [0.1, 0.15) is 49.9 Å². The molecule has 0 saturated carbocycles. The van der Waals surface area contributed by atoms with Gasteiger partial charge in [0.15, 0.2) is 5.82 Å². The molecule has 0 N–H and O–H groups in total. The van der Waals surface area contributed by atoms with E-state index in [4.69, 9.17) is 9.97 Å². The third-order valence-corrected chi connectivity index (χ3v) is 12.4. The SMILES string of the molecule is CC1(C)c2ccccc2-c2ccc(-c3cc(-c4ccc(-n5c6ccccc6c6ccc7c(c65)C(C)(C)c5ccccc5-7)cc4)nc(-c4ccccc4)n3)cc21. The summed E-state index contributed by atoms with van der Waals surface area (Å²) in [5.41, 5.74) is 19.1. The first-order chi connectivity index (χ1) is 26.8. The zero-order chi connectivity index (χ0) is 37.1. The zero-order valence-corrected chi connectivity index (χ0v) is 31.4. The molecule has 262 valence electrons. The maximum absolute atomic E-state index is 5.20. The third kappa shape index (κ3) is 4.56.